The molecular formula is C22H22N2O6S. The zero-order valence-corrected chi connectivity index (χ0v) is 17.7. The van der Waals surface area contributed by atoms with Gasteiger partial charge in [0.2, 0.25) is 0 Å². The van der Waals surface area contributed by atoms with E-state index in [0.717, 1.165) is 6.42 Å². The summed E-state index contributed by atoms with van der Waals surface area (Å²) in [5, 5.41) is 0. The highest BCUT2D eigenvalue weighted by Gasteiger charge is 2.19. The van der Waals surface area contributed by atoms with Gasteiger partial charge >= 0.3 is 0 Å². The highest BCUT2D eigenvalue weighted by Crippen LogP contribution is 2.32. The standard InChI is InChI=1S/C22H22N2O6S/c1-24(15-18-4-2-11-28-18)22(25)16-5-7-17(8-6-16)23-31(26,27)19-9-10-20-21(14-19)30-13-3-12-29-20/h2,4-11,14,23H,3,12-13,15H2,1H3. The van der Waals surface area contributed by atoms with Crippen molar-refractivity contribution in [3.8, 4) is 11.5 Å². The topological polar surface area (TPSA) is 98.1 Å². The van der Waals surface area contributed by atoms with Gasteiger partial charge in [-0.25, -0.2) is 8.42 Å². The molecule has 4 rings (SSSR count). The normalized spacial score (nSPS) is 13.3. The quantitative estimate of drug-likeness (QED) is 0.627. The van der Waals surface area contributed by atoms with Crippen LogP contribution in [-0.2, 0) is 16.6 Å². The molecule has 0 atom stereocenters. The first-order chi connectivity index (χ1) is 14.9. The maximum Gasteiger partial charge on any atom is 0.262 e. The molecule has 1 N–H and O–H groups in total. The average Bonchev–Trinajstić information content (AvgIpc) is 3.15. The molecule has 0 unspecified atom stereocenters. The number of sulfonamides is 1. The SMILES string of the molecule is CN(Cc1ccco1)C(=O)c1ccc(NS(=O)(=O)c2ccc3c(c2)OCCCO3)cc1. The highest BCUT2D eigenvalue weighted by molar-refractivity contribution is 7.92. The lowest BCUT2D eigenvalue weighted by Gasteiger charge is -2.16. The predicted molar refractivity (Wildman–Crippen MR) is 114 cm³/mol. The van der Waals surface area contributed by atoms with E-state index < -0.39 is 10.0 Å². The summed E-state index contributed by atoms with van der Waals surface area (Å²) in [6.45, 7) is 1.33. The summed E-state index contributed by atoms with van der Waals surface area (Å²) in [6, 6.07) is 14.3. The molecule has 1 aliphatic heterocycles. The zero-order chi connectivity index (χ0) is 21.8. The van der Waals surface area contributed by atoms with Crippen LogP contribution in [-0.4, -0.2) is 39.5 Å². The average molecular weight is 442 g/mol. The summed E-state index contributed by atoms with van der Waals surface area (Å²) in [6.07, 6.45) is 2.29. The monoisotopic (exact) mass is 442 g/mol. The number of nitrogens with one attached hydrogen (secondary N) is 1. The van der Waals surface area contributed by atoms with Crippen LogP contribution in [0.4, 0.5) is 5.69 Å². The van der Waals surface area contributed by atoms with E-state index in [1.807, 2.05) is 0 Å². The molecular weight excluding hydrogens is 420 g/mol. The van der Waals surface area contributed by atoms with Crippen LogP contribution in [0.15, 0.2) is 70.2 Å². The molecule has 3 aromatic rings. The van der Waals surface area contributed by atoms with Crippen molar-refractivity contribution in [2.24, 2.45) is 0 Å². The minimum atomic E-state index is -3.84. The van der Waals surface area contributed by atoms with Gasteiger partial charge in [-0.3, -0.25) is 9.52 Å². The van der Waals surface area contributed by atoms with Crippen LogP contribution in [0.5, 0.6) is 11.5 Å². The Balaban J connectivity index is 1.45. The summed E-state index contributed by atoms with van der Waals surface area (Å²) < 4.78 is 44.5. The third-order valence-corrected chi connectivity index (χ3v) is 6.11. The molecule has 9 heteroatoms. The Morgan fingerprint density at radius 3 is 2.48 bits per heavy atom. The number of carbonyl (C=O) groups excluding carboxylic acids is 1. The van der Waals surface area contributed by atoms with E-state index in [0.29, 0.717) is 48.3 Å². The van der Waals surface area contributed by atoms with Gasteiger partial charge in [0.05, 0.1) is 30.9 Å². The fraction of sp³-hybridized carbons (Fsp3) is 0.227. The van der Waals surface area contributed by atoms with E-state index in [4.69, 9.17) is 13.9 Å². The maximum atomic E-state index is 12.8. The second-order valence-electron chi connectivity index (χ2n) is 7.08. The van der Waals surface area contributed by atoms with Gasteiger partial charge in [0, 0.05) is 30.8 Å². The lowest BCUT2D eigenvalue weighted by atomic mass is 10.2. The third-order valence-electron chi connectivity index (χ3n) is 4.73. The minimum Gasteiger partial charge on any atom is -0.490 e. The molecule has 0 aliphatic carbocycles. The van der Waals surface area contributed by atoms with Crippen molar-refractivity contribution in [3.63, 3.8) is 0 Å². The molecule has 1 amide bonds. The number of anilines is 1. The summed E-state index contributed by atoms with van der Waals surface area (Å²) in [5.41, 5.74) is 0.782. The molecule has 1 aliphatic rings. The number of rotatable bonds is 6. The van der Waals surface area contributed by atoms with Crippen LogP contribution >= 0.6 is 0 Å². The lowest BCUT2D eigenvalue weighted by molar-refractivity contribution is 0.0775. The first-order valence-electron chi connectivity index (χ1n) is 9.73. The van der Waals surface area contributed by atoms with E-state index in [2.05, 4.69) is 4.72 Å². The van der Waals surface area contributed by atoms with Crippen molar-refractivity contribution in [1.82, 2.24) is 4.90 Å². The number of ether oxygens (including phenoxy) is 2. The van der Waals surface area contributed by atoms with E-state index in [1.165, 1.54) is 17.0 Å². The molecule has 0 fully saturated rings. The van der Waals surface area contributed by atoms with Gasteiger partial charge in [0.25, 0.3) is 15.9 Å². The number of hydrogen-bond donors (Lipinski definition) is 1. The molecule has 2 aromatic carbocycles. The van der Waals surface area contributed by atoms with E-state index in [1.54, 1.807) is 55.8 Å². The molecule has 0 bridgehead atoms. The third kappa shape index (κ3) is 4.83. The van der Waals surface area contributed by atoms with Crippen LogP contribution in [0.3, 0.4) is 0 Å². The first-order valence-corrected chi connectivity index (χ1v) is 11.2. The van der Waals surface area contributed by atoms with Crippen molar-refractivity contribution in [2.75, 3.05) is 25.0 Å². The van der Waals surface area contributed by atoms with Crippen LogP contribution in [0.2, 0.25) is 0 Å². The molecule has 8 nitrogen and oxygen atoms in total. The van der Waals surface area contributed by atoms with Crippen molar-refractivity contribution >= 4 is 21.6 Å². The molecule has 31 heavy (non-hydrogen) atoms. The van der Waals surface area contributed by atoms with Gasteiger partial charge in [-0.1, -0.05) is 0 Å². The maximum absolute atomic E-state index is 12.8. The van der Waals surface area contributed by atoms with Crippen molar-refractivity contribution in [3.05, 3.63) is 72.2 Å². The Bertz CT molecular complexity index is 1160. The minimum absolute atomic E-state index is 0.0649. The fourth-order valence-corrected chi connectivity index (χ4v) is 4.21. The predicted octanol–water partition coefficient (Wildman–Crippen LogP) is 3.51. The van der Waals surface area contributed by atoms with E-state index in [9.17, 15) is 13.2 Å². The summed E-state index contributed by atoms with van der Waals surface area (Å²) in [7, 11) is -2.16. The Kier molecular flexibility index (Phi) is 5.85. The number of fused-ring (bicyclic) bond motifs is 1. The Hall–Kier alpha value is -3.46. The van der Waals surface area contributed by atoms with Crippen LogP contribution in [0.25, 0.3) is 0 Å². The molecule has 0 spiro atoms. The van der Waals surface area contributed by atoms with E-state index in [-0.39, 0.29) is 10.8 Å². The van der Waals surface area contributed by atoms with Crippen molar-refractivity contribution < 1.29 is 27.1 Å². The summed E-state index contributed by atoms with van der Waals surface area (Å²) in [4.78, 5) is 14.2. The molecule has 1 aromatic heterocycles. The zero-order valence-electron chi connectivity index (χ0n) is 16.9. The van der Waals surface area contributed by atoms with Crippen molar-refractivity contribution in [1.29, 1.82) is 0 Å². The van der Waals surface area contributed by atoms with Crippen LogP contribution in [0, 0.1) is 0 Å². The number of hydrogen-bond acceptors (Lipinski definition) is 6. The second-order valence-corrected chi connectivity index (χ2v) is 8.76. The van der Waals surface area contributed by atoms with E-state index >= 15 is 0 Å². The van der Waals surface area contributed by atoms with Gasteiger partial charge in [0.15, 0.2) is 11.5 Å². The Labute approximate surface area is 180 Å². The molecule has 0 radical (unpaired) electrons. The number of nitrogens with zero attached hydrogens (tertiary/aromatic N) is 1. The fourth-order valence-electron chi connectivity index (χ4n) is 3.13. The second kappa shape index (κ2) is 8.73. The number of carbonyl (C=O) groups is 1. The first kappa shape index (κ1) is 20.8. The Morgan fingerprint density at radius 2 is 1.77 bits per heavy atom. The lowest BCUT2D eigenvalue weighted by Crippen LogP contribution is -2.26. The van der Waals surface area contributed by atoms with Crippen LogP contribution < -0.4 is 14.2 Å². The smallest absolute Gasteiger partial charge is 0.262 e. The molecule has 0 saturated carbocycles. The van der Waals surface area contributed by atoms with Gasteiger partial charge in [-0.05, 0) is 48.5 Å². The van der Waals surface area contributed by atoms with Gasteiger partial charge in [-0.15, -0.1) is 0 Å². The number of furan rings is 1. The van der Waals surface area contributed by atoms with Crippen molar-refractivity contribution in [2.45, 2.75) is 17.9 Å². The Morgan fingerprint density at radius 1 is 1.03 bits per heavy atom. The summed E-state index contributed by atoms with van der Waals surface area (Å²) >= 11 is 0. The largest absolute Gasteiger partial charge is 0.490 e. The molecule has 162 valence electrons. The summed E-state index contributed by atoms with van der Waals surface area (Å²) in [5.74, 6) is 1.41. The molecule has 2 heterocycles. The van der Waals surface area contributed by atoms with Gasteiger partial charge in [0.1, 0.15) is 5.76 Å². The molecule has 0 saturated heterocycles. The number of benzene rings is 2. The number of amides is 1. The van der Waals surface area contributed by atoms with Gasteiger partial charge < -0.3 is 18.8 Å². The van der Waals surface area contributed by atoms with Gasteiger partial charge in [-0.2, -0.15) is 0 Å². The van der Waals surface area contributed by atoms with Crippen LogP contribution in [0.1, 0.15) is 22.5 Å². The highest BCUT2D eigenvalue weighted by atomic mass is 32.2.